The second-order valence-corrected chi connectivity index (χ2v) is 6.65. The highest BCUT2D eigenvalue weighted by Gasteiger charge is 2.29. The molecule has 0 saturated carbocycles. The molecule has 1 aliphatic heterocycles. The van der Waals surface area contributed by atoms with E-state index in [-0.39, 0.29) is 6.04 Å². The lowest BCUT2D eigenvalue weighted by atomic mass is 10.2. The highest BCUT2D eigenvalue weighted by atomic mass is 16.3. The lowest BCUT2D eigenvalue weighted by Crippen LogP contribution is -2.23. The zero-order valence-corrected chi connectivity index (χ0v) is 14.2. The maximum absolute atomic E-state index is 10.3. The van der Waals surface area contributed by atoms with Gasteiger partial charge < -0.3 is 14.6 Å². The Morgan fingerprint density at radius 3 is 3.16 bits per heavy atom. The first kappa shape index (κ1) is 16.0. The molecule has 0 bridgehead atoms. The highest BCUT2D eigenvalue weighted by Crippen LogP contribution is 2.33. The van der Waals surface area contributed by atoms with E-state index in [9.17, 15) is 5.11 Å². The van der Waals surface area contributed by atoms with Crippen LogP contribution in [0.5, 0.6) is 0 Å². The number of aromatic nitrogens is 5. The average molecular weight is 339 g/mol. The maximum atomic E-state index is 10.3. The Balaban J connectivity index is 1.74. The van der Waals surface area contributed by atoms with Gasteiger partial charge in [0.05, 0.1) is 29.4 Å². The molecule has 0 radical (unpaired) electrons. The van der Waals surface area contributed by atoms with Crippen molar-refractivity contribution in [2.45, 2.75) is 38.3 Å². The number of hydrogen-bond donors (Lipinski definition) is 2. The smallest absolute Gasteiger partial charge is 0.157 e. The van der Waals surface area contributed by atoms with E-state index in [4.69, 9.17) is 5.26 Å². The zero-order chi connectivity index (χ0) is 17.4. The molecule has 8 heteroatoms. The number of aliphatic hydroxyl groups excluding tert-OH is 1. The zero-order valence-electron chi connectivity index (χ0n) is 14.2. The minimum absolute atomic E-state index is 0.247. The van der Waals surface area contributed by atoms with Crippen LogP contribution in [0.2, 0.25) is 0 Å². The van der Waals surface area contributed by atoms with E-state index in [1.54, 1.807) is 19.3 Å². The average Bonchev–Trinajstić information content (AvgIpc) is 3.31. The lowest BCUT2D eigenvalue weighted by Gasteiger charge is -2.19. The van der Waals surface area contributed by atoms with E-state index in [1.165, 1.54) is 0 Å². The van der Waals surface area contributed by atoms with E-state index in [1.807, 2.05) is 0 Å². The fourth-order valence-corrected chi connectivity index (χ4v) is 3.77. The maximum Gasteiger partial charge on any atom is 0.157 e. The highest BCUT2D eigenvalue weighted by molar-refractivity contribution is 6.00. The van der Waals surface area contributed by atoms with Gasteiger partial charge >= 0.3 is 0 Å². The molecule has 3 aromatic heterocycles. The predicted octanol–water partition coefficient (Wildman–Crippen LogP) is 1.91. The number of nitriles is 1. The van der Waals surface area contributed by atoms with Crippen LogP contribution < -0.4 is 0 Å². The number of rotatable bonds is 5. The van der Waals surface area contributed by atoms with Crippen molar-refractivity contribution in [2.75, 3.05) is 19.6 Å². The van der Waals surface area contributed by atoms with Crippen molar-refractivity contribution in [1.29, 1.82) is 5.26 Å². The molecule has 4 heterocycles. The van der Waals surface area contributed by atoms with Crippen LogP contribution in [0.15, 0.2) is 12.4 Å². The Labute approximate surface area is 145 Å². The normalized spacial score (nSPS) is 19.6. The minimum atomic E-state index is -0.651. The number of H-pyrrole nitrogens is 1. The molecule has 0 aliphatic carbocycles. The van der Waals surface area contributed by atoms with Gasteiger partial charge in [-0.05, 0) is 26.3 Å². The number of nitrogens with one attached hydrogen (secondary N) is 1. The van der Waals surface area contributed by atoms with E-state index in [0.29, 0.717) is 12.2 Å². The topological polar surface area (TPSA) is 107 Å². The Morgan fingerprint density at radius 1 is 1.48 bits per heavy atom. The van der Waals surface area contributed by atoms with Crippen molar-refractivity contribution < 1.29 is 5.11 Å². The molecule has 0 spiro atoms. The number of imidazole rings is 1. The van der Waals surface area contributed by atoms with Crippen molar-refractivity contribution in [1.82, 2.24) is 29.6 Å². The summed E-state index contributed by atoms with van der Waals surface area (Å²) in [6.07, 6.45) is 5.34. The molecule has 0 amide bonds. The molecular formula is C17H21N7O. The number of fused-ring (bicyclic) bond motifs is 3. The fourth-order valence-electron chi connectivity index (χ4n) is 3.77. The van der Waals surface area contributed by atoms with Crippen LogP contribution in [0, 0.1) is 11.3 Å². The number of pyridine rings is 1. The van der Waals surface area contributed by atoms with Gasteiger partial charge in [0.15, 0.2) is 5.65 Å². The first-order valence-electron chi connectivity index (χ1n) is 8.66. The number of nitrogens with zero attached hydrogens (tertiary/aromatic N) is 6. The third-order valence-corrected chi connectivity index (χ3v) is 4.90. The standard InChI is InChI=1S/C17H21N7O/c1-11(25)17-21-14-9-19-16-13(8-20-22-16)15(14)24(17)12-4-7-23(10-12)6-3-2-5-18/h8-9,11-12,25H,2-4,6-7,10H2,1H3,(H,19,20,22)/t11-,12+/m1/s1. The largest absolute Gasteiger partial charge is 0.385 e. The Morgan fingerprint density at radius 2 is 2.36 bits per heavy atom. The molecule has 3 aromatic rings. The van der Waals surface area contributed by atoms with Crippen LogP contribution in [0.1, 0.15) is 44.2 Å². The van der Waals surface area contributed by atoms with Gasteiger partial charge in [-0.3, -0.25) is 5.10 Å². The second kappa shape index (κ2) is 6.43. The van der Waals surface area contributed by atoms with Gasteiger partial charge in [-0.2, -0.15) is 10.4 Å². The van der Waals surface area contributed by atoms with Crippen molar-refractivity contribution >= 4 is 22.1 Å². The van der Waals surface area contributed by atoms with E-state index in [0.717, 1.165) is 54.5 Å². The summed E-state index contributed by atoms with van der Waals surface area (Å²) in [4.78, 5) is 11.4. The van der Waals surface area contributed by atoms with Gasteiger partial charge in [-0.25, -0.2) is 9.97 Å². The summed E-state index contributed by atoms with van der Waals surface area (Å²) in [6.45, 7) is 4.58. The molecule has 2 N–H and O–H groups in total. The molecule has 130 valence electrons. The Hall–Kier alpha value is -2.50. The van der Waals surface area contributed by atoms with Gasteiger partial charge in [0.1, 0.15) is 17.4 Å². The summed E-state index contributed by atoms with van der Waals surface area (Å²) in [5.41, 5.74) is 2.50. The number of aliphatic hydroxyl groups is 1. The van der Waals surface area contributed by atoms with E-state index < -0.39 is 6.10 Å². The molecule has 0 aromatic carbocycles. The van der Waals surface area contributed by atoms with Gasteiger partial charge in [0, 0.05) is 25.6 Å². The summed E-state index contributed by atoms with van der Waals surface area (Å²) in [7, 11) is 0. The first-order valence-corrected chi connectivity index (χ1v) is 8.66. The van der Waals surface area contributed by atoms with Crippen LogP contribution in [0.3, 0.4) is 0 Å². The second-order valence-electron chi connectivity index (χ2n) is 6.65. The van der Waals surface area contributed by atoms with Crippen LogP contribution in [-0.2, 0) is 0 Å². The minimum Gasteiger partial charge on any atom is -0.385 e. The molecule has 25 heavy (non-hydrogen) atoms. The van der Waals surface area contributed by atoms with Gasteiger partial charge in [-0.15, -0.1) is 0 Å². The van der Waals surface area contributed by atoms with Gasteiger partial charge in [0.2, 0.25) is 0 Å². The van der Waals surface area contributed by atoms with Gasteiger partial charge in [0.25, 0.3) is 0 Å². The van der Waals surface area contributed by atoms with Crippen LogP contribution in [0.25, 0.3) is 22.1 Å². The molecule has 2 atom stereocenters. The fraction of sp³-hybridized carbons (Fsp3) is 0.529. The SMILES string of the molecule is C[C@@H](O)c1nc2cnc3[nH]ncc3c2n1[C@H]1CCN(CCCC#N)C1. The van der Waals surface area contributed by atoms with Crippen molar-refractivity contribution in [3.05, 3.63) is 18.2 Å². The molecular weight excluding hydrogens is 318 g/mol. The molecule has 4 rings (SSSR count). The predicted molar refractivity (Wildman–Crippen MR) is 92.8 cm³/mol. The van der Waals surface area contributed by atoms with Crippen molar-refractivity contribution in [3.8, 4) is 6.07 Å². The summed E-state index contributed by atoms with van der Waals surface area (Å²) in [5, 5.41) is 26.9. The Bertz CT molecular complexity index is 936. The monoisotopic (exact) mass is 339 g/mol. The van der Waals surface area contributed by atoms with Crippen molar-refractivity contribution in [2.24, 2.45) is 0 Å². The van der Waals surface area contributed by atoms with Crippen LogP contribution >= 0.6 is 0 Å². The third-order valence-electron chi connectivity index (χ3n) is 4.90. The molecule has 1 aliphatic rings. The number of unbranched alkanes of at least 4 members (excludes halogenated alkanes) is 1. The number of aromatic amines is 1. The van der Waals surface area contributed by atoms with Crippen LogP contribution in [-0.4, -0.2) is 54.4 Å². The number of likely N-dealkylation sites (tertiary alicyclic amines) is 1. The first-order chi connectivity index (χ1) is 12.2. The summed E-state index contributed by atoms with van der Waals surface area (Å²) >= 11 is 0. The Kier molecular flexibility index (Phi) is 4.11. The molecule has 1 fully saturated rings. The van der Waals surface area contributed by atoms with E-state index in [2.05, 4.69) is 35.7 Å². The van der Waals surface area contributed by atoms with E-state index >= 15 is 0 Å². The summed E-state index contributed by atoms with van der Waals surface area (Å²) in [5.74, 6) is 0.675. The van der Waals surface area contributed by atoms with Crippen LogP contribution in [0.4, 0.5) is 0 Å². The van der Waals surface area contributed by atoms with Gasteiger partial charge in [-0.1, -0.05) is 0 Å². The summed E-state index contributed by atoms with van der Waals surface area (Å²) < 4.78 is 2.17. The van der Waals surface area contributed by atoms with Crippen molar-refractivity contribution in [3.63, 3.8) is 0 Å². The molecule has 0 unspecified atom stereocenters. The number of hydrogen-bond acceptors (Lipinski definition) is 6. The quantitative estimate of drug-likeness (QED) is 0.688. The molecule has 8 nitrogen and oxygen atoms in total. The lowest BCUT2D eigenvalue weighted by molar-refractivity contribution is 0.181. The third kappa shape index (κ3) is 2.75. The molecule has 1 saturated heterocycles. The summed E-state index contributed by atoms with van der Waals surface area (Å²) in [6, 6.07) is 2.45.